The molecule has 0 amide bonds. The average Bonchev–Trinajstić information content (AvgIpc) is 2.25. The first kappa shape index (κ1) is 16.8. The molecule has 104 valence electrons. The van der Waals surface area contributed by atoms with E-state index in [1.54, 1.807) is 32.9 Å². The Morgan fingerprint density at radius 2 is 1.78 bits per heavy atom. The molecule has 0 aliphatic rings. The molecule has 0 aliphatic heterocycles. The lowest BCUT2D eigenvalue weighted by molar-refractivity contribution is -0.150. The van der Waals surface area contributed by atoms with E-state index in [2.05, 4.69) is 0 Å². The van der Waals surface area contributed by atoms with Gasteiger partial charge in [-0.1, -0.05) is 26.0 Å². The quantitative estimate of drug-likeness (QED) is 0.560. The molecule has 18 heavy (non-hydrogen) atoms. The van der Waals surface area contributed by atoms with Gasteiger partial charge in [0, 0.05) is 11.8 Å². The smallest absolute Gasteiger partial charge is 0.306 e. The third-order valence-corrected chi connectivity index (χ3v) is 3.24. The molecule has 0 aromatic heterocycles. The van der Waals surface area contributed by atoms with Gasteiger partial charge in [0.15, 0.2) is 5.78 Å². The average molecular weight is 256 g/mol. The van der Waals surface area contributed by atoms with E-state index in [0.717, 1.165) is 0 Å². The summed E-state index contributed by atoms with van der Waals surface area (Å²) in [7, 11) is 0. The van der Waals surface area contributed by atoms with Crippen molar-refractivity contribution in [1.82, 2.24) is 0 Å². The fourth-order valence-electron chi connectivity index (χ4n) is 1.63. The number of carbonyl (C=O) groups excluding carboxylic acids is 2. The van der Waals surface area contributed by atoms with Crippen molar-refractivity contribution in [2.24, 2.45) is 5.41 Å². The first-order chi connectivity index (χ1) is 8.19. The van der Waals surface area contributed by atoms with Crippen molar-refractivity contribution >= 4 is 11.8 Å². The summed E-state index contributed by atoms with van der Waals surface area (Å²) in [4.78, 5) is 23.2. The van der Waals surface area contributed by atoms with E-state index in [0.29, 0.717) is 6.61 Å². The Kier molecular flexibility index (Phi) is 6.26. The number of Topliss-reactive ketones (excluding diaryl/α,β-unsaturated/α-hetero) is 1. The molecule has 0 rings (SSSR count). The van der Waals surface area contributed by atoms with Gasteiger partial charge >= 0.3 is 5.97 Å². The minimum Gasteiger partial charge on any atom is -0.466 e. The highest BCUT2D eigenvalue weighted by Crippen LogP contribution is 2.34. The highest BCUT2D eigenvalue weighted by atomic mass is 16.5. The molecule has 0 aromatic rings. The van der Waals surface area contributed by atoms with Crippen LogP contribution in [0.15, 0.2) is 12.2 Å². The maximum absolute atomic E-state index is 12.0. The van der Waals surface area contributed by atoms with E-state index < -0.39 is 17.0 Å². The third kappa shape index (κ3) is 4.26. The highest BCUT2D eigenvalue weighted by Gasteiger charge is 2.43. The second-order valence-corrected chi connectivity index (χ2v) is 5.02. The maximum atomic E-state index is 12.0. The molecule has 0 spiro atoms. The molecule has 1 unspecified atom stereocenters. The predicted molar refractivity (Wildman–Crippen MR) is 70.1 cm³/mol. The largest absolute Gasteiger partial charge is 0.466 e. The van der Waals surface area contributed by atoms with Crippen LogP contribution in [0.25, 0.3) is 0 Å². The van der Waals surface area contributed by atoms with Gasteiger partial charge in [0.25, 0.3) is 0 Å². The van der Waals surface area contributed by atoms with Crippen LogP contribution in [0.1, 0.15) is 47.5 Å². The monoisotopic (exact) mass is 256 g/mol. The number of hydrogen-bond acceptors (Lipinski definition) is 4. The summed E-state index contributed by atoms with van der Waals surface area (Å²) in [6, 6.07) is 0. The van der Waals surface area contributed by atoms with Crippen LogP contribution >= 0.6 is 0 Å². The summed E-state index contributed by atoms with van der Waals surface area (Å²) >= 11 is 0. The zero-order chi connectivity index (χ0) is 14.4. The Labute approximate surface area is 109 Å². The number of rotatable bonds is 7. The summed E-state index contributed by atoms with van der Waals surface area (Å²) in [6.45, 7) is 8.91. The summed E-state index contributed by atoms with van der Waals surface area (Å²) in [6.07, 6.45) is 3.59. The number of esters is 1. The summed E-state index contributed by atoms with van der Waals surface area (Å²) in [5, 5.41) is 10.3. The van der Waals surface area contributed by atoms with Gasteiger partial charge in [-0.25, -0.2) is 0 Å². The van der Waals surface area contributed by atoms with Gasteiger partial charge in [-0.05, 0) is 20.8 Å². The molecule has 0 heterocycles. The minimum atomic E-state index is -1.49. The van der Waals surface area contributed by atoms with E-state index in [1.807, 2.05) is 6.92 Å². The fraction of sp³-hybridized carbons (Fsp3) is 0.714. The van der Waals surface area contributed by atoms with Crippen molar-refractivity contribution in [2.45, 2.75) is 53.1 Å². The molecule has 0 radical (unpaired) electrons. The molecule has 1 atom stereocenters. The van der Waals surface area contributed by atoms with Gasteiger partial charge in [-0.2, -0.15) is 0 Å². The molecular weight excluding hydrogens is 232 g/mol. The van der Waals surface area contributed by atoms with Crippen LogP contribution in [0, 0.1) is 5.41 Å². The molecule has 0 fully saturated rings. The van der Waals surface area contributed by atoms with Crippen molar-refractivity contribution in [2.75, 3.05) is 6.61 Å². The topological polar surface area (TPSA) is 63.6 Å². The summed E-state index contributed by atoms with van der Waals surface area (Å²) < 4.78 is 4.75. The van der Waals surface area contributed by atoms with E-state index in [4.69, 9.17) is 4.74 Å². The van der Waals surface area contributed by atoms with Gasteiger partial charge in [0.2, 0.25) is 0 Å². The van der Waals surface area contributed by atoms with E-state index in [-0.39, 0.29) is 18.6 Å². The summed E-state index contributed by atoms with van der Waals surface area (Å²) in [5.74, 6) is -0.760. The van der Waals surface area contributed by atoms with E-state index >= 15 is 0 Å². The SMILES string of the molecule is C/C=C/C(C)(C)C(C)(O)C(=O)CCC(=O)OCC. The van der Waals surface area contributed by atoms with Crippen LogP contribution in [0.5, 0.6) is 0 Å². The van der Waals surface area contributed by atoms with Gasteiger partial charge < -0.3 is 9.84 Å². The van der Waals surface area contributed by atoms with Crippen LogP contribution in [0.2, 0.25) is 0 Å². The Morgan fingerprint density at radius 3 is 2.22 bits per heavy atom. The normalized spacial score (nSPS) is 15.4. The summed E-state index contributed by atoms with van der Waals surface area (Å²) in [5.41, 5.74) is -2.17. The fourth-order valence-corrected chi connectivity index (χ4v) is 1.63. The van der Waals surface area contributed by atoms with Gasteiger partial charge in [-0.15, -0.1) is 0 Å². The van der Waals surface area contributed by atoms with Crippen molar-refractivity contribution in [3.05, 3.63) is 12.2 Å². The van der Waals surface area contributed by atoms with Crippen LogP contribution < -0.4 is 0 Å². The van der Waals surface area contributed by atoms with Crippen LogP contribution in [-0.2, 0) is 14.3 Å². The Hall–Kier alpha value is -1.16. The molecule has 0 aliphatic carbocycles. The van der Waals surface area contributed by atoms with Gasteiger partial charge in [0.1, 0.15) is 5.60 Å². The molecule has 4 heteroatoms. The predicted octanol–water partition coefficient (Wildman–Crippen LogP) is 2.25. The zero-order valence-corrected chi connectivity index (χ0v) is 11.9. The third-order valence-electron chi connectivity index (χ3n) is 3.24. The number of allylic oxidation sites excluding steroid dienone is 1. The number of hydrogen-bond donors (Lipinski definition) is 1. The Bertz CT molecular complexity index is 327. The lowest BCUT2D eigenvalue weighted by atomic mass is 9.72. The number of ether oxygens (including phenoxy) is 1. The molecule has 0 saturated heterocycles. The lowest BCUT2D eigenvalue weighted by Crippen LogP contribution is -2.48. The van der Waals surface area contributed by atoms with Crippen molar-refractivity contribution in [1.29, 1.82) is 0 Å². The lowest BCUT2D eigenvalue weighted by Gasteiger charge is -2.36. The van der Waals surface area contributed by atoms with Crippen LogP contribution in [0.4, 0.5) is 0 Å². The number of carbonyl (C=O) groups is 2. The highest BCUT2D eigenvalue weighted by molar-refractivity contribution is 5.90. The molecule has 1 N–H and O–H groups in total. The van der Waals surface area contributed by atoms with Crippen molar-refractivity contribution < 1.29 is 19.4 Å². The first-order valence-corrected chi connectivity index (χ1v) is 6.24. The zero-order valence-electron chi connectivity index (χ0n) is 11.9. The number of ketones is 1. The first-order valence-electron chi connectivity index (χ1n) is 6.24. The van der Waals surface area contributed by atoms with Crippen LogP contribution in [-0.4, -0.2) is 29.1 Å². The Balaban J connectivity index is 4.62. The molecule has 0 saturated carbocycles. The second kappa shape index (κ2) is 6.69. The molecular formula is C14H24O4. The van der Waals surface area contributed by atoms with Crippen molar-refractivity contribution in [3.8, 4) is 0 Å². The minimum absolute atomic E-state index is 0.00713. The van der Waals surface area contributed by atoms with E-state index in [1.165, 1.54) is 6.92 Å². The Morgan fingerprint density at radius 1 is 1.22 bits per heavy atom. The van der Waals surface area contributed by atoms with Gasteiger partial charge in [0.05, 0.1) is 13.0 Å². The van der Waals surface area contributed by atoms with Crippen LogP contribution in [0.3, 0.4) is 0 Å². The number of aliphatic hydroxyl groups is 1. The van der Waals surface area contributed by atoms with Crippen molar-refractivity contribution in [3.63, 3.8) is 0 Å². The van der Waals surface area contributed by atoms with Gasteiger partial charge in [-0.3, -0.25) is 9.59 Å². The van der Waals surface area contributed by atoms with E-state index in [9.17, 15) is 14.7 Å². The molecule has 0 aromatic carbocycles. The molecule has 0 bridgehead atoms. The standard InChI is InChI=1S/C14H24O4/c1-6-10-13(3,4)14(5,17)11(15)8-9-12(16)18-7-2/h6,10,17H,7-9H2,1-5H3/b10-6+. The molecule has 4 nitrogen and oxygen atoms in total. The maximum Gasteiger partial charge on any atom is 0.306 e. The second-order valence-electron chi connectivity index (χ2n) is 5.02.